The van der Waals surface area contributed by atoms with Crippen molar-refractivity contribution in [3.05, 3.63) is 34.6 Å². The standard InChI is InChI=1S/C22H34N2O.K/c1-23-21-16-18(17-10-6-3-2-4-7-11-17)14-15-20(21)22(25)24-19-12-8-5-9-13-19;/h14-17,19H,2-13H2,1H3,(H2,23,24,25);/q;+1/p-1. The molecule has 0 unspecified atom stereocenters. The zero-order valence-corrected chi connectivity index (χ0v) is 19.9. The van der Waals surface area contributed by atoms with Gasteiger partial charge in [-0.1, -0.05) is 69.6 Å². The average molecular weight is 381 g/mol. The van der Waals surface area contributed by atoms with Crippen LogP contribution in [0.4, 0.5) is 5.69 Å². The van der Waals surface area contributed by atoms with Crippen LogP contribution in [-0.2, 0) is 0 Å². The Kier molecular flexibility index (Phi) is 10.2. The molecule has 0 atom stereocenters. The van der Waals surface area contributed by atoms with Crippen molar-refractivity contribution >= 4 is 11.6 Å². The summed E-state index contributed by atoms with van der Waals surface area (Å²) < 4.78 is 0. The Labute approximate surface area is 201 Å². The molecule has 4 heteroatoms. The molecule has 2 saturated carbocycles. The zero-order valence-electron chi connectivity index (χ0n) is 16.7. The van der Waals surface area contributed by atoms with Crippen LogP contribution in [-0.4, -0.2) is 19.0 Å². The van der Waals surface area contributed by atoms with Crippen LogP contribution in [0.3, 0.4) is 0 Å². The Morgan fingerprint density at radius 3 is 2.15 bits per heavy atom. The molecule has 1 N–H and O–H groups in total. The molecule has 3 nitrogen and oxygen atoms in total. The summed E-state index contributed by atoms with van der Waals surface area (Å²) >= 11 is 0. The summed E-state index contributed by atoms with van der Waals surface area (Å²) in [6, 6.07) is 6.70. The summed E-state index contributed by atoms with van der Waals surface area (Å²) in [5.41, 5.74) is 2.97. The Bertz CT molecular complexity index is 561. The minimum absolute atomic E-state index is 0. The smallest absolute Gasteiger partial charge is 0.686 e. The van der Waals surface area contributed by atoms with Crippen LogP contribution < -0.4 is 56.7 Å². The summed E-state index contributed by atoms with van der Waals surface area (Å²) in [5.74, 6) is 0.688. The van der Waals surface area contributed by atoms with Gasteiger partial charge < -0.3 is 10.6 Å². The predicted molar refractivity (Wildman–Crippen MR) is 105 cm³/mol. The molecule has 3 rings (SSSR count). The normalized spacial score (nSPS) is 19.7. The topological polar surface area (TPSA) is 43.2 Å². The SMILES string of the molecule is C[N-]c1cc(C2CCCCCCC2)ccc1C(=O)NC1CCCCC1.[K+]. The number of hydrogen-bond donors (Lipinski definition) is 1. The van der Waals surface area contributed by atoms with Gasteiger partial charge in [0.25, 0.3) is 0 Å². The molecule has 1 aromatic rings. The van der Waals surface area contributed by atoms with E-state index in [1.54, 1.807) is 7.05 Å². The van der Waals surface area contributed by atoms with Gasteiger partial charge in [-0.15, -0.1) is 12.7 Å². The second-order valence-corrected chi connectivity index (χ2v) is 7.85. The fourth-order valence-corrected chi connectivity index (χ4v) is 4.48. The summed E-state index contributed by atoms with van der Waals surface area (Å²) in [7, 11) is 1.80. The van der Waals surface area contributed by atoms with Crippen molar-refractivity contribution in [2.45, 2.75) is 89.0 Å². The molecule has 138 valence electrons. The summed E-state index contributed by atoms with van der Waals surface area (Å²) in [6.07, 6.45) is 15.3. The molecule has 0 spiro atoms. The van der Waals surface area contributed by atoms with E-state index in [-0.39, 0.29) is 57.3 Å². The van der Waals surface area contributed by atoms with E-state index in [4.69, 9.17) is 0 Å². The Morgan fingerprint density at radius 2 is 1.50 bits per heavy atom. The van der Waals surface area contributed by atoms with Crippen LogP contribution >= 0.6 is 0 Å². The third-order valence-electron chi connectivity index (χ3n) is 6.02. The van der Waals surface area contributed by atoms with Crippen molar-refractivity contribution in [3.8, 4) is 0 Å². The number of carbonyl (C=O) groups is 1. The maximum Gasteiger partial charge on any atom is 1.00 e. The van der Waals surface area contributed by atoms with Gasteiger partial charge >= 0.3 is 51.4 Å². The number of nitrogens with one attached hydrogen (secondary N) is 1. The molecule has 0 bridgehead atoms. The number of rotatable bonds is 4. The van der Waals surface area contributed by atoms with Gasteiger partial charge in [-0.05, 0) is 37.2 Å². The average Bonchev–Trinajstić information content (AvgIpc) is 2.62. The number of benzene rings is 1. The van der Waals surface area contributed by atoms with Crippen molar-refractivity contribution in [3.63, 3.8) is 0 Å². The van der Waals surface area contributed by atoms with Crippen LogP contribution in [0.5, 0.6) is 0 Å². The van der Waals surface area contributed by atoms with E-state index in [9.17, 15) is 4.79 Å². The second-order valence-electron chi connectivity index (χ2n) is 7.85. The van der Waals surface area contributed by atoms with Crippen LogP contribution in [0.25, 0.3) is 5.32 Å². The molecule has 2 aliphatic rings. The first-order valence-electron chi connectivity index (χ1n) is 10.3. The van der Waals surface area contributed by atoms with Crippen LogP contribution in [0, 0.1) is 0 Å². The Morgan fingerprint density at radius 1 is 0.923 bits per heavy atom. The zero-order chi connectivity index (χ0) is 17.5. The van der Waals surface area contributed by atoms with E-state index < -0.39 is 0 Å². The fourth-order valence-electron chi connectivity index (χ4n) is 4.48. The molecule has 2 aliphatic carbocycles. The summed E-state index contributed by atoms with van der Waals surface area (Å²) in [5, 5.41) is 7.65. The molecule has 0 aliphatic heterocycles. The Hall–Kier alpha value is 0.126. The maximum atomic E-state index is 12.7. The Balaban J connectivity index is 0.00000243. The fraction of sp³-hybridized carbons (Fsp3) is 0.682. The van der Waals surface area contributed by atoms with Crippen LogP contribution in [0.15, 0.2) is 18.2 Å². The first kappa shape index (κ1) is 22.4. The molecular weight excluding hydrogens is 347 g/mol. The van der Waals surface area contributed by atoms with Gasteiger partial charge in [-0.25, -0.2) is 0 Å². The van der Waals surface area contributed by atoms with E-state index in [1.165, 1.54) is 69.8 Å². The van der Waals surface area contributed by atoms with E-state index in [1.807, 2.05) is 6.07 Å². The van der Waals surface area contributed by atoms with E-state index in [0.29, 0.717) is 12.0 Å². The predicted octanol–water partition coefficient (Wildman–Crippen LogP) is 3.22. The van der Waals surface area contributed by atoms with E-state index in [2.05, 4.69) is 22.8 Å². The first-order valence-corrected chi connectivity index (χ1v) is 10.3. The van der Waals surface area contributed by atoms with Gasteiger partial charge in [0.05, 0.1) is 0 Å². The number of nitrogens with zero attached hydrogens (tertiary/aromatic N) is 1. The first-order chi connectivity index (χ1) is 12.3. The van der Waals surface area contributed by atoms with Gasteiger partial charge in [-0.2, -0.15) is 0 Å². The van der Waals surface area contributed by atoms with Crippen molar-refractivity contribution in [1.82, 2.24) is 5.32 Å². The number of carbonyl (C=O) groups excluding carboxylic acids is 1. The second kappa shape index (κ2) is 11.9. The van der Waals surface area contributed by atoms with Crippen LogP contribution in [0.1, 0.15) is 98.9 Å². The van der Waals surface area contributed by atoms with Crippen LogP contribution in [0.2, 0.25) is 0 Å². The van der Waals surface area contributed by atoms with Gasteiger partial charge in [-0.3, -0.25) is 4.79 Å². The maximum absolute atomic E-state index is 12.7. The summed E-state index contributed by atoms with van der Waals surface area (Å²) in [6.45, 7) is 0. The molecule has 0 heterocycles. The van der Waals surface area contributed by atoms with E-state index in [0.717, 1.165) is 24.1 Å². The van der Waals surface area contributed by atoms with Gasteiger partial charge in [0.15, 0.2) is 0 Å². The largest absolute Gasteiger partial charge is 1.00 e. The minimum Gasteiger partial charge on any atom is -0.686 e. The quantitative estimate of drug-likeness (QED) is 0.801. The third-order valence-corrected chi connectivity index (χ3v) is 6.02. The van der Waals surface area contributed by atoms with Crippen molar-refractivity contribution < 1.29 is 56.2 Å². The van der Waals surface area contributed by atoms with E-state index >= 15 is 0 Å². The van der Waals surface area contributed by atoms with Gasteiger partial charge in [0.1, 0.15) is 0 Å². The summed E-state index contributed by atoms with van der Waals surface area (Å²) in [4.78, 5) is 12.7. The van der Waals surface area contributed by atoms with Gasteiger partial charge in [0, 0.05) is 11.6 Å². The van der Waals surface area contributed by atoms with Crippen molar-refractivity contribution in [1.29, 1.82) is 0 Å². The third kappa shape index (κ3) is 6.34. The molecule has 0 aromatic heterocycles. The molecule has 2 fully saturated rings. The van der Waals surface area contributed by atoms with Gasteiger partial charge in [0.2, 0.25) is 5.91 Å². The monoisotopic (exact) mass is 380 g/mol. The van der Waals surface area contributed by atoms with Crippen molar-refractivity contribution in [2.24, 2.45) is 0 Å². The molecule has 1 amide bonds. The number of hydrogen-bond acceptors (Lipinski definition) is 1. The molecule has 1 aromatic carbocycles. The molecule has 0 saturated heterocycles. The molecule has 26 heavy (non-hydrogen) atoms. The number of amides is 1. The minimum atomic E-state index is 0. The van der Waals surface area contributed by atoms with Crippen molar-refractivity contribution in [2.75, 3.05) is 7.05 Å². The molecule has 0 radical (unpaired) electrons. The molecular formula is C22H33KN2O.